The molecule has 1 aliphatic rings. The minimum Gasteiger partial charge on any atom is -0.388 e. The van der Waals surface area contributed by atoms with Crippen LogP contribution in [0, 0.1) is 0 Å². The highest BCUT2D eigenvalue weighted by Gasteiger charge is 2.19. The third-order valence-electron chi connectivity index (χ3n) is 3.00. The molecule has 1 atom stereocenters. The van der Waals surface area contributed by atoms with E-state index in [2.05, 4.69) is 15.5 Å². The van der Waals surface area contributed by atoms with Gasteiger partial charge in [-0.05, 0) is 13.3 Å². The number of hydrogen-bond donors (Lipinski definition) is 3. The monoisotopic (exact) mass is 229 g/mol. The molecule has 0 radical (unpaired) electrons. The van der Waals surface area contributed by atoms with Crippen LogP contribution in [-0.2, 0) is 4.79 Å². The first kappa shape index (κ1) is 13.4. The SMILES string of the molecule is CCC(C)(O)CNC(=O)CN1CCNCC1. The predicted octanol–water partition coefficient (Wildman–Crippen LogP) is -0.831. The lowest BCUT2D eigenvalue weighted by atomic mass is 10.0. The van der Waals surface area contributed by atoms with Crippen LogP contribution in [0.1, 0.15) is 20.3 Å². The average Bonchev–Trinajstić information content (AvgIpc) is 2.28. The number of amides is 1. The zero-order chi connectivity index (χ0) is 12.0. The Morgan fingerprint density at radius 2 is 2.12 bits per heavy atom. The molecule has 1 aliphatic heterocycles. The molecule has 0 aromatic carbocycles. The van der Waals surface area contributed by atoms with Crippen LogP contribution in [0.25, 0.3) is 0 Å². The van der Waals surface area contributed by atoms with E-state index in [1.165, 1.54) is 0 Å². The van der Waals surface area contributed by atoms with Gasteiger partial charge in [-0.15, -0.1) is 0 Å². The van der Waals surface area contributed by atoms with Gasteiger partial charge in [-0.3, -0.25) is 9.69 Å². The molecule has 1 amide bonds. The normalized spacial score (nSPS) is 21.4. The van der Waals surface area contributed by atoms with Crippen molar-refractivity contribution in [2.75, 3.05) is 39.3 Å². The minimum atomic E-state index is -0.793. The van der Waals surface area contributed by atoms with Crippen LogP contribution >= 0.6 is 0 Å². The van der Waals surface area contributed by atoms with Crippen LogP contribution in [0.2, 0.25) is 0 Å². The van der Waals surface area contributed by atoms with E-state index >= 15 is 0 Å². The summed E-state index contributed by atoms with van der Waals surface area (Å²) in [6.07, 6.45) is 0.640. The van der Waals surface area contributed by atoms with Gasteiger partial charge in [-0.1, -0.05) is 6.92 Å². The number of piperazine rings is 1. The van der Waals surface area contributed by atoms with Gasteiger partial charge < -0.3 is 15.7 Å². The molecule has 3 N–H and O–H groups in total. The Hall–Kier alpha value is -0.650. The van der Waals surface area contributed by atoms with Gasteiger partial charge in [0.15, 0.2) is 0 Å². The van der Waals surface area contributed by atoms with E-state index in [9.17, 15) is 9.90 Å². The second-order valence-electron chi connectivity index (χ2n) is 4.65. The van der Waals surface area contributed by atoms with Gasteiger partial charge in [-0.2, -0.15) is 0 Å². The van der Waals surface area contributed by atoms with Crippen molar-refractivity contribution in [2.24, 2.45) is 0 Å². The Morgan fingerprint density at radius 1 is 1.50 bits per heavy atom. The second kappa shape index (κ2) is 6.18. The predicted molar refractivity (Wildman–Crippen MR) is 63.2 cm³/mol. The quantitative estimate of drug-likeness (QED) is 0.576. The average molecular weight is 229 g/mol. The number of hydrogen-bond acceptors (Lipinski definition) is 4. The standard InChI is InChI=1S/C11H23N3O2/c1-3-11(2,16)9-13-10(15)8-14-6-4-12-5-7-14/h12,16H,3-9H2,1-2H3,(H,13,15). The minimum absolute atomic E-state index is 0.00405. The lowest BCUT2D eigenvalue weighted by molar-refractivity contribution is -0.123. The first-order valence-corrected chi connectivity index (χ1v) is 5.95. The highest BCUT2D eigenvalue weighted by molar-refractivity contribution is 5.78. The third-order valence-corrected chi connectivity index (χ3v) is 3.00. The smallest absolute Gasteiger partial charge is 0.234 e. The van der Waals surface area contributed by atoms with Crippen LogP contribution in [0.15, 0.2) is 0 Å². The topological polar surface area (TPSA) is 64.6 Å². The third kappa shape index (κ3) is 4.92. The summed E-state index contributed by atoms with van der Waals surface area (Å²) in [5.41, 5.74) is -0.793. The number of rotatable bonds is 5. The van der Waals surface area contributed by atoms with Gasteiger partial charge in [-0.25, -0.2) is 0 Å². The number of carbonyl (C=O) groups is 1. The van der Waals surface area contributed by atoms with E-state index in [0.29, 0.717) is 19.5 Å². The molecule has 1 unspecified atom stereocenters. The molecule has 0 aliphatic carbocycles. The van der Waals surface area contributed by atoms with Crippen molar-refractivity contribution in [1.29, 1.82) is 0 Å². The summed E-state index contributed by atoms with van der Waals surface area (Å²) in [6, 6.07) is 0. The molecule has 0 aromatic heterocycles. The fourth-order valence-corrected chi connectivity index (χ4v) is 1.54. The van der Waals surface area contributed by atoms with Crippen LogP contribution in [0.3, 0.4) is 0 Å². The Kier molecular flexibility index (Phi) is 5.18. The van der Waals surface area contributed by atoms with Gasteiger partial charge in [0.05, 0.1) is 12.1 Å². The summed E-state index contributed by atoms with van der Waals surface area (Å²) in [6.45, 7) is 8.12. The molecule has 94 valence electrons. The van der Waals surface area contributed by atoms with Crippen LogP contribution < -0.4 is 10.6 Å². The van der Waals surface area contributed by atoms with Crippen molar-refractivity contribution >= 4 is 5.91 Å². The molecule has 16 heavy (non-hydrogen) atoms. The van der Waals surface area contributed by atoms with Crippen molar-refractivity contribution in [3.8, 4) is 0 Å². The summed E-state index contributed by atoms with van der Waals surface area (Å²) >= 11 is 0. The van der Waals surface area contributed by atoms with Crippen molar-refractivity contribution < 1.29 is 9.90 Å². The van der Waals surface area contributed by atoms with Crippen LogP contribution in [0.5, 0.6) is 0 Å². The van der Waals surface area contributed by atoms with Crippen molar-refractivity contribution in [3.63, 3.8) is 0 Å². The van der Waals surface area contributed by atoms with Crippen LogP contribution in [0.4, 0.5) is 0 Å². The second-order valence-corrected chi connectivity index (χ2v) is 4.65. The Balaban J connectivity index is 2.19. The molecule has 0 spiro atoms. The zero-order valence-corrected chi connectivity index (χ0v) is 10.3. The zero-order valence-electron chi connectivity index (χ0n) is 10.3. The fraction of sp³-hybridized carbons (Fsp3) is 0.909. The van der Waals surface area contributed by atoms with Gasteiger partial charge >= 0.3 is 0 Å². The maximum atomic E-state index is 11.6. The Morgan fingerprint density at radius 3 is 2.69 bits per heavy atom. The molecule has 0 aromatic rings. The van der Waals surface area contributed by atoms with E-state index in [4.69, 9.17) is 0 Å². The summed E-state index contributed by atoms with van der Waals surface area (Å²) in [4.78, 5) is 13.7. The lowest BCUT2D eigenvalue weighted by Crippen LogP contribution is -2.49. The molecule has 5 heteroatoms. The van der Waals surface area contributed by atoms with Crippen molar-refractivity contribution in [3.05, 3.63) is 0 Å². The largest absolute Gasteiger partial charge is 0.388 e. The van der Waals surface area contributed by atoms with Gasteiger partial charge in [0.25, 0.3) is 0 Å². The van der Waals surface area contributed by atoms with E-state index < -0.39 is 5.60 Å². The number of aliphatic hydroxyl groups is 1. The number of carbonyl (C=O) groups excluding carboxylic acids is 1. The lowest BCUT2D eigenvalue weighted by Gasteiger charge is -2.27. The number of nitrogens with one attached hydrogen (secondary N) is 2. The van der Waals surface area contributed by atoms with E-state index in [1.54, 1.807) is 6.92 Å². The fourth-order valence-electron chi connectivity index (χ4n) is 1.54. The molecule has 0 bridgehead atoms. The van der Waals surface area contributed by atoms with Crippen LogP contribution in [-0.4, -0.2) is 60.8 Å². The summed E-state index contributed by atoms with van der Waals surface area (Å²) in [5, 5.41) is 15.7. The summed E-state index contributed by atoms with van der Waals surface area (Å²) in [5.74, 6) is -0.00405. The van der Waals surface area contributed by atoms with E-state index in [0.717, 1.165) is 26.2 Å². The first-order valence-electron chi connectivity index (χ1n) is 5.95. The Bertz CT molecular complexity index is 225. The van der Waals surface area contributed by atoms with Gasteiger partial charge in [0, 0.05) is 32.7 Å². The molecule has 1 saturated heterocycles. The maximum Gasteiger partial charge on any atom is 0.234 e. The highest BCUT2D eigenvalue weighted by Crippen LogP contribution is 2.05. The summed E-state index contributed by atoms with van der Waals surface area (Å²) in [7, 11) is 0. The van der Waals surface area contributed by atoms with Gasteiger partial charge in [0.2, 0.25) is 5.91 Å². The van der Waals surface area contributed by atoms with Gasteiger partial charge in [0.1, 0.15) is 0 Å². The molecular formula is C11H23N3O2. The van der Waals surface area contributed by atoms with Crippen molar-refractivity contribution in [2.45, 2.75) is 25.9 Å². The van der Waals surface area contributed by atoms with Crippen molar-refractivity contribution in [1.82, 2.24) is 15.5 Å². The highest BCUT2D eigenvalue weighted by atomic mass is 16.3. The molecule has 5 nitrogen and oxygen atoms in total. The van der Waals surface area contributed by atoms with E-state index in [1.807, 2.05) is 6.92 Å². The maximum absolute atomic E-state index is 11.6. The molecule has 1 heterocycles. The number of nitrogens with zero attached hydrogens (tertiary/aromatic N) is 1. The first-order chi connectivity index (χ1) is 7.53. The summed E-state index contributed by atoms with van der Waals surface area (Å²) < 4.78 is 0. The molecular weight excluding hydrogens is 206 g/mol. The molecule has 1 fully saturated rings. The molecule has 1 rings (SSSR count). The Labute approximate surface area is 97.2 Å². The van der Waals surface area contributed by atoms with E-state index in [-0.39, 0.29) is 5.91 Å². The molecule has 0 saturated carbocycles.